The first-order chi connectivity index (χ1) is 8.42. The number of primary amides is 1. The highest BCUT2D eigenvalue weighted by molar-refractivity contribution is 5.82. The standard InChI is InChI=1S/C13H26N4O/c1-13(2,11(14)18)9-16-12(15)17-10-7-5-3-4-6-8-10/h10H,3-9H2,1-2H3,(H2,14,18)(H3,15,16,17). The fourth-order valence-corrected chi connectivity index (χ4v) is 2.04. The van der Waals surface area contributed by atoms with Crippen molar-refractivity contribution < 1.29 is 4.79 Å². The number of hydrogen-bond acceptors (Lipinski definition) is 2. The summed E-state index contributed by atoms with van der Waals surface area (Å²) in [6, 6.07) is 0.424. The van der Waals surface area contributed by atoms with Crippen LogP contribution in [0.2, 0.25) is 0 Å². The van der Waals surface area contributed by atoms with Crippen molar-refractivity contribution >= 4 is 11.9 Å². The van der Waals surface area contributed by atoms with Gasteiger partial charge in [0, 0.05) is 6.04 Å². The molecule has 1 amide bonds. The van der Waals surface area contributed by atoms with Crippen molar-refractivity contribution in [3.05, 3.63) is 0 Å². The maximum Gasteiger partial charge on any atom is 0.224 e. The van der Waals surface area contributed by atoms with Gasteiger partial charge in [-0.3, -0.25) is 9.79 Å². The van der Waals surface area contributed by atoms with E-state index in [0.29, 0.717) is 18.5 Å². The van der Waals surface area contributed by atoms with Gasteiger partial charge in [-0.05, 0) is 26.7 Å². The molecule has 5 nitrogen and oxygen atoms in total. The number of amides is 1. The van der Waals surface area contributed by atoms with Crippen LogP contribution in [0.3, 0.4) is 0 Å². The molecule has 0 saturated heterocycles. The van der Waals surface area contributed by atoms with Crippen molar-refractivity contribution in [2.45, 2.75) is 58.4 Å². The van der Waals surface area contributed by atoms with E-state index in [9.17, 15) is 4.79 Å². The summed E-state index contributed by atoms with van der Waals surface area (Å²) in [4.78, 5) is 15.4. The summed E-state index contributed by atoms with van der Waals surface area (Å²) in [7, 11) is 0. The molecule has 104 valence electrons. The lowest BCUT2D eigenvalue weighted by molar-refractivity contribution is -0.125. The molecule has 0 bridgehead atoms. The fourth-order valence-electron chi connectivity index (χ4n) is 2.04. The molecule has 5 heteroatoms. The van der Waals surface area contributed by atoms with Gasteiger partial charge in [-0.25, -0.2) is 0 Å². The molecule has 1 fully saturated rings. The molecular formula is C13H26N4O. The Balaban J connectivity index is 2.43. The molecular weight excluding hydrogens is 228 g/mol. The van der Waals surface area contributed by atoms with E-state index < -0.39 is 5.41 Å². The molecule has 0 unspecified atom stereocenters. The number of nitrogens with two attached hydrogens (primary N) is 2. The topological polar surface area (TPSA) is 93.5 Å². The zero-order valence-electron chi connectivity index (χ0n) is 11.5. The molecule has 5 N–H and O–H groups in total. The van der Waals surface area contributed by atoms with E-state index in [1.165, 1.54) is 25.7 Å². The SMILES string of the molecule is CC(C)(CN=C(N)NC1CCCCCC1)C(N)=O. The molecule has 0 aromatic heterocycles. The second-order valence-electron chi connectivity index (χ2n) is 5.78. The summed E-state index contributed by atoms with van der Waals surface area (Å²) in [5, 5.41) is 3.25. The van der Waals surface area contributed by atoms with Crippen LogP contribution in [0.5, 0.6) is 0 Å². The van der Waals surface area contributed by atoms with Crippen LogP contribution in [0.1, 0.15) is 52.4 Å². The Bertz CT molecular complexity index is 304. The van der Waals surface area contributed by atoms with E-state index in [4.69, 9.17) is 11.5 Å². The van der Waals surface area contributed by atoms with Crippen LogP contribution in [0.25, 0.3) is 0 Å². The summed E-state index contributed by atoms with van der Waals surface area (Å²) in [6.07, 6.45) is 7.41. The molecule has 0 spiro atoms. The van der Waals surface area contributed by atoms with Crippen LogP contribution >= 0.6 is 0 Å². The zero-order valence-corrected chi connectivity index (χ0v) is 11.5. The van der Waals surface area contributed by atoms with Gasteiger partial charge in [0.1, 0.15) is 0 Å². The van der Waals surface area contributed by atoms with Crippen LogP contribution in [-0.4, -0.2) is 24.5 Å². The maximum absolute atomic E-state index is 11.2. The molecule has 1 aliphatic rings. The Hall–Kier alpha value is -1.26. The molecule has 1 saturated carbocycles. The van der Waals surface area contributed by atoms with Gasteiger partial charge in [0.15, 0.2) is 5.96 Å². The minimum absolute atomic E-state index is 0.327. The Labute approximate surface area is 109 Å². The second-order valence-corrected chi connectivity index (χ2v) is 5.78. The van der Waals surface area contributed by atoms with Crippen molar-refractivity contribution in [3.8, 4) is 0 Å². The summed E-state index contributed by atoms with van der Waals surface area (Å²) in [6.45, 7) is 3.88. The number of aliphatic imine (C=N–C) groups is 1. The Morgan fingerprint density at radius 2 is 1.78 bits per heavy atom. The first kappa shape index (κ1) is 14.8. The van der Waals surface area contributed by atoms with Crippen LogP contribution < -0.4 is 16.8 Å². The van der Waals surface area contributed by atoms with Crippen molar-refractivity contribution in [2.24, 2.45) is 21.9 Å². The van der Waals surface area contributed by atoms with Gasteiger partial charge in [-0.1, -0.05) is 25.7 Å². The quantitative estimate of drug-likeness (QED) is 0.399. The van der Waals surface area contributed by atoms with Gasteiger partial charge in [-0.2, -0.15) is 0 Å². The van der Waals surface area contributed by atoms with Gasteiger partial charge < -0.3 is 16.8 Å². The Morgan fingerprint density at radius 3 is 2.28 bits per heavy atom. The van der Waals surface area contributed by atoms with Crippen molar-refractivity contribution in [1.82, 2.24) is 5.32 Å². The van der Waals surface area contributed by atoms with Gasteiger partial charge in [0.2, 0.25) is 5.91 Å². The maximum atomic E-state index is 11.2. The number of hydrogen-bond donors (Lipinski definition) is 3. The first-order valence-electron chi connectivity index (χ1n) is 6.78. The first-order valence-corrected chi connectivity index (χ1v) is 6.78. The monoisotopic (exact) mass is 254 g/mol. The molecule has 1 rings (SSSR count). The summed E-state index contributed by atoms with van der Waals surface area (Å²) < 4.78 is 0. The predicted octanol–water partition coefficient (Wildman–Crippen LogP) is 1.12. The number of carbonyl (C=O) groups excluding carboxylic acids is 1. The number of rotatable bonds is 4. The highest BCUT2D eigenvalue weighted by atomic mass is 16.1. The highest BCUT2D eigenvalue weighted by Crippen LogP contribution is 2.17. The van der Waals surface area contributed by atoms with Crippen LogP contribution in [0.4, 0.5) is 0 Å². The minimum atomic E-state index is -0.643. The number of nitrogens with one attached hydrogen (secondary N) is 1. The van der Waals surface area contributed by atoms with Crippen LogP contribution in [0, 0.1) is 5.41 Å². The molecule has 0 aromatic carbocycles. The fraction of sp³-hybridized carbons (Fsp3) is 0.846. The van der Waals surface area contributed by atoms with E-state index in [1.807, 2.05) is 0 Å². The third-order valence-electron chi connectivity index (χ3n) is 3.52. The zero-order chi connectivity index (χ0) is 13.6. The lowest BCUT2D eigenvalue weighted by Gasteiger charge is -2.20. The molecule has 0 atom stereocenters. The molecule has 0 radical (unpaired) electrons. The lowest BCUT2D eigenvalue weighted by atomic mass is 9.93. The Morgan fingerprint density at radius 1 is 1.22 bits per heavy atom. The summed E-state index contributed by atoms with van der Waals surface area (Å²) in [5.74, 6) is 0.0738. The molecule has 1 aliphatic carbocycles. The normalized spacial score (nSPS) is 19.3. The predicted molar refractivity (Wildman–Crippen MR) is 74.1 cm³/mol. The molecule has 0 heterocycles. The van der Waals surface area contributed by atoms with Crippen molar-refractivity contribution in [2.75, 3.05) is 6.54 Å². The van der Waals surface area contributed by atoms with E-state index in [1.54, 1.807) is 13.8 Å². The number of carbonyl (C=O) groups is 1. The Kier molecular flexibility index (Phi) is 5.44. The molecule has 0 aliphatic heterocycles. The van der Waals surface area contributed by atoms with Gasteiger partial charge in [0.05, 0.1) is 12.0 Å². The third kappa shape index (κ3) is 4.94. The summed E-state index contributed by atoms with van der Waals surface area (Å²) in [5.41, 5.74) is 10.5. The van der Waals surface area contributed by atoms with E-state index in [2.05, 4.69) is 10.3 Å². The average molecular weight is 254 g/mol. The number of nitrogens with zero attached hydrogens (tertiary/aromatic N) is 1. The smallest absolute Gasteiger partial charge is 0.224 e. The largest absolute Gasteiger partial charge is 0.370 e. The van der Waals surface area contributed by atoms with E-state index >= 15 is 0 Å². The van der Waals surface area contributed by atoms with Crippen LogP contribution in [0.15, 0.2) is 4.99 Å². The minimum Gasteiger partial charge on any atom is -0.370 e. The number of guanidine groups is 1. The highest BCUT2D eigenvalue weighted by Gasteiger charge is 2.24. The van der Waals surface area contributed by atoms with Crippen molar-refractivity contribution in [1.29, 1.82) is 0 Å². The summed E-state index contributed by atoms with van der Waals surface area (Å²) >= 11 is 0. The average Bonchev–Trinajstić information content (AvgIpc) is 2.55. The van der Waals surface area contributed by atoms with Crippen LogP contribution in [-0.2, 0) is 4.79 Å². The third-order valence-corrected chi connectivity index (χ3v) is 3.52. The van der Waals surface area contributed by atoms with Gasteiger partial charge in [0.25, 0.3) is 0 Å². The molecule has 0 aromatic rings. The van der Waals surface area contributed by atoms with Crippen molar-refractivity contribution in [3.63, 3.8) is 0 Å². The lowest BCUT2D eigenvalue weighted by Crippen LogP contribution is -2.41. The second kappa shape index (κ2) is 6.61. The van der Waals surface area contributed by atoms with E-state index in [0.717, 1.165) is 12.8 Å². The van der Waals surface area contributed by atoms with Gasteiger partial charge >= 0.3 is 0 Å². The molecule has 18 heavy (non-hydrogen) atoms. The van der Waals surface area contributed by atoms with E-state index in [-0.39, 0.29) is 5.91 Å². The van der Waals surface area contributed by atoms with Gasteiger partial charge in [-0.15, -0.1) is 0 Å².